The minimum Gasteiger partial charge on any atom is -0.310 e. The van der Waals surface area contributed by atoms with E-state index < -0.39 is 0 Å². The number of thioether (sulfide) groups is 1. The molecule has 0 aliphatic rings. The molecule has 3 nitrogen and oxygen atoms in total. The van der Waals surface area contributed by atoms with Crippen molar-refractivity contribution in [1.29, 1.82) is 0 Å². The zero-order valence-corrected chi connectivity index (χ0v) is 10.7. The van der Waals surface area contributed by atoms with Gasteiger partial charge in [-0.3, -0.25) is 4.68 Å². The Morgan fingerprint density at radius 1 is 1.60 bits per heavy atom. The van der Waals surface area contributed by atoms with Gasteiger partial charge in [0.15, 0.2) is 0 Å². The van der Waals surface area contributed by atoms with E-state index in [1.807, 2.05) is 22.6 Å². The summed E-state index contributed by atoms with van der Waals surface area (Å²) >= 11 is 1.90. The first kappa shape index (κ1) is 12.6. The van der Waals surface area contributed by atoms with E-state index in [1.54, 1.807) is 0 Å². The zero-order chi connectivity index (χ0) is 11.1. The Hall–Kier alpha value is -0.480. The molecule has 4 heteroatoms. The molecule has 0 spiro atoms. The van der Waals surface area contributed by atoms with Gasteiger partial charge >= 0.3 is 0 Å². The SMILES string of the molecule is CCn1cc(C(C)NCCCSC)cn1. The summed E-state index contributed by atoms with van der Waals surface area (Å²) in [5.74, 6) is 1.23. The van der Waals surface area contributed by atoms with Crippen LogP contribution in [0.3, 0.4) is 0 Å². The van der Waals surface area contributed by atoms with E-state index in [4.69, 9.17) is 0 Å². The molecule has 0 aliphatic carbocycles. The molecule has 1 heterocycles. The highest BCUT2D eigenvalue weighted by molar-refractivity contribution is 7.98. The molecule has 1 rings (SSSR count). The number of rotatable bonds is 7. The Kier molecular flexibility index (Phi) is 5.79. The van der Waals surface area contributed by atoms with Crippen molar-refractivity contribution in [3.63, 3.8) is 0 Å². The van der Waals surface area contributed by atoms with Crippen molar-refractivity contribution < 1.29 is 0 Å². The van der Waals surface area contributed by atoms with Crippen LogP contribution in [0.25, 0.3) is 0 Å². The van der Waals surface area contributed by atoms with Gasteiger partial charge in [-0.05, 0) is 38.8 Å². The molecule has 15 heavy (non-hydrogen) atoms. The quantitative estimate of drug-likeness (QED) is 0.725. The number of nitrogens with zero attached hydrogens (tertiary/aromatic N) is 2. The highest BCUT2D eigenvalue weighted by Gasteiger charge is 2.06. The fraction of sp³-hybridized carbons (Fsp3) is 0.727. The van der Waals surface area contributed by atoms with Gasteiger partial charge in [-0.25, -0.2) is 0 Å². The van der Waals surface area contributed by atoms with Gasteiger partial charge in [0.05, 0.1) is 6.20 Å². The average molecular weight is 227 g/mol. The summed E-state index contributed by atoms with van der Waals surface area (Å²) in [4.78, 5) is 0. The zero-order valence-electron chi connectivity index (χ0n) is 9.86. The number of hydrogen-bond donors (Lipinski definition) is 1. The summed E-state index contributed by atoms with van der Waals surface area (Å²) in [5, 5.41) is 7.78. The normalized spacial score (nSPS) is 13.0. The summed E-state index contributed by atoms with van der Waals surface area (Å²) in [5.41, 5.74) is 1.28. The van der Waals surface area contributed by atoms with Crippen molar-refractivity contribution in [3.8, 4) is 0 Å². The van der Waals surface area contributed by atoms with Gasteiger partial charge in [0.1, 0.15) is 0 Å². The highest BCUT2D eigenvalue weighted by Crippen LogP contribution is 2.10. The Morgan fingerprint density at radius 3 is 3.00 bits per heavy atom. The molecule has 1 unspecified atom stereocenters. The lowest BCUT2D eigenvalue weighted by molar-refractivity contribution is 0.571. The van der Waals surface area contributed by atoms with E-state index in [1.165, 1.54) is 17.7 Å². The van der Waals surface area contributed by atoms with Crippen molar-refractivity contribution in [2.45, 2.75) is 32.9 Å². The maximum Gasteiger partial charge on any atom is 0.0537 e. The van der Waals surface area contributed by atoms with E-state index in [9.17, 15) is 0 Å². The molecule has 0 saturated carbocycles. The number of nitrogens with one attached hydrogen (secondary N) is 1. The fourth-order valence-electron chi connectivity index (χ4n) is 1.43. The smallest absolute Gasteiger partial charge is 0.0537 e. The average Bonchev–Trinajstić information content (AvgIpc) is 2.72. The van der Waals surface area contributed by atoms with Gasteiger partial charge in [0.2, 0.25) is 0 Å². The minimum atomic E-state index is 0.409. The van der Waals surface area contributed by atoms with Crippen molar-refractivity contribution >= 4 is 11.8 Å². The number of aryl methyl sites for hydroxylation is 1. The predicted octanol–water partition coefficient (Wildman–Crippen LogP) is 2.31. The fourth-order valence-corrected chi connectivity index (χ4v) is 1.86. The van der Waals surface area contributed by atoms with Crippen LogP contribution in [0, 0.1) is 0 Å². The maximum absolute atomic E-state index is 4.27. The lowest BCUT2D eigenvalue weighted by Gasteiger charge is -2.11. The van der Waals surface area contributed by atoms with E-state index >= 15 is 0 Å². The van der Waals surface area contributed by atoms with Crippen LogP contribution in [0.4, 0.5) is 0 Å². The van der Waals surface area contributed by atoms with Crippen LogP contribution in [0.5, 0.6) is 0 Å². The molecule has 1 aromatic rings. The number of hydrogen-bond acceptors (Lipinski definition) is 3. The van der Waals surface area contributed by atoms with Gasteiger partial charge in [-0.15, -0.1) is 0 Å². The molecule has 0 bridgehead atoms. The molecule has 0 saturated heterocycles. The minimum absolute atomic E-state index is 0.409. The first-order valence-corrected chi connectivity index (χ1v) is 6.92. The van der Waals surface area contributed by atoms with Crippen LogP contribution >= 0.6 is 11.8 Å². The summed E-state index contributed by atoms with van der Waals surface area (Å²) in [6.45, 7) is 6.32. The Balaban J connectivity index is 2.29. The third kappa shape index (κ3) is 4.26. The molecule has 0 radical (unpaired) electrons. The van der Waals surface area contributed by atoms with Gasteiger partial charge in [0.25, 0.3) is 0 Å². The molecule has 1 aromatic heterocycles. The molecular weight excluding hydrogens is 206 g/mol. The number of aromatic nitrogens is 2. The van der Waals surface area contributed by atoms with Crippen LogP contribution in [-0.4, -0.2) is 28.3 Å². The van der Waals surface area contributed by atoms with Crippen molar-refractivity contribution in [3.05, 3.63) is 18.0 Å². The molecule has 1 N–H and O–H groups in total. The second-order valence-corrected chi connectivity index (χ2v) is 4.64. The molecule has 0 fully saturated rings. The summed E-state index contributed by atoms with van der Waals surface area (Å²) in [7, 11) is 0. The summed E-state index contributed by atoms with van der Waals surface area (Å²) in [6.07, 6.45) is 7.45. The van der Waals surface area contributed by atoms with Crippen molar-refractivity contribution in [2.75, 3.05) is 18.6 Å². The second kappa shape index (κ2) is 6.90. The monoisotopic (exact) mass is 227 g/mol. The molecule has 1 atom stereocenters. The van der Waals surface area contributed by atoms with E-state index in [0.29, 0.717) is 6.04 Å². The predicted molar refractivity (Wildman–Crippen MR) is 67.3 cm³/mol. The van der Waals surface area contributed by atoms with Gasteiger partial charge in [-0.1, -0.05) is 0 Å². The lowest BCUT2D eigenvalue weighted by Crippen LogP contribution is -2.19. The first-order valence-electron chi connectivity index (χ1n) is 5.52. The third-order valence-electron chi connectivity index (χ3n) is 2.45. The Labute approximate surface area is 96.6 Å². The summed E-state index contributed by atoms with van der Waals surface area (Å²) in [6, 6.07) is 0.409. The van der Waals surface area contributed by atoms with Crippen LogP contribution in [0.2, 0.25) is 0 Å². The van der Waals surface area contributed by atoms with Gasteiger partial charge in [-0.2, -0.15) is 16.9 Å². The maximum atomic E-state index is 4.27. The molecule has 0 amide bonds. The molecular formula is C11H21N3S. The lowest BCUT2D eigenvalue weighted by atomic mass is 10.2. The van der Waals surface area contributed by atoms with Crippen molar-refractivity contribution in [2.24, 2.45) is 0 Å². The highest BCUT2D eigenvalue weighted by atomic mass is 32.2. The van der Waals surface area contributed by atoms with Crippen LogP contribution in [0.1, 0.15) is 31.9 Å². The van der Waals surface area contributed by atoms with Crippen molar-refractivity contribution in [1.82, 2.24) is 15.1 Å². The van der Waals surface area contributed by atoms with Gasteiger partial charge < -0.3 is 5.32 Å². The second-order valence-electron chi connectivity index (χ2n) is 3.65. The van der Waals surface area contributed by atoms with E-state index in [0.717, 1.165) is 13.1 Å². The first-order chi connectivity index (χ1) is 7.27. The topological polar surface area (TPSA) is 29.9 Å². The standard InChI is InChI=1S/C11H21N3S/c1-4-14-9-11(8-13-14)10(2)12-6-5-7-15-3/h8-10,12H,4-7H2,1-3H3. The van der Waals surface area contributed by atoms with E-state index in [2.05, 4.69) is 36.7 Å². The van der Waals surface area contributed by atoms with Gasteiger partial charge in [0, 0.05) is 24.3 Å². The van der Waals surface area contributed by atoms with Crippen LogP contribution in [-0.2, 0) is 6.54 Å². The molecule has 86 valence electrons. The molecule has 0 aromatic carbocycles. The van der Waals surface area contributed by atoms with E-state index in [-0.39, 0.29) is 0 Å². The Morgan fingerprint density at radius 2 is 2.40 bits per heavy atom. The Bertz CT molecular complexity index is 273. The largest absolute Gasteiger partial charge is 0.310 e. The molecule has 0 aliphatic heterocycles. The summed E-state index contributed by atoms with van der Waals surface area (Å²) < 4.78 is 1.97. The van der Waals surface area contributed by atoms with Crippen LogP contribution in [0.15, 0.2) is 12.4 Å². The van der Waals surface area contributed by atoms with Crippen LogP contribution < -0.4 is 5.32 Å². The third-order valence-corrected chi connectivity index (χ3v) is 3.15.